The van der Waals surface area contributed by atoms with E-state index in [1.807, 2.05) is 38.1 Å². The first kappa shape index (κ1) is 23.0. The normalized spacial score (nSPS) is 11.3. The first-order valence-corrected chi connectivity index (χ1v) is 11.6. The molecule has 0 aliphatic carbocycles. The number of aryl methyl sites for hydroxylation is 1. The van der Waals surface area contributed by atoms with E-state index in [4.69, 9.17) is 16.3 Å². The smallest absolute Gasteiger partial charge is 0.240 e. The number of anilines is 1. The quantitative estimate of drug-likeness (QED) is 0.574. The first-order chi connectivity index (χ1) is 13.7. The Kier molecular flexibility index (Phi) is 8.34. The molecule has 1 amide bonds. The average molecular weight is 439 g/mol. The molecule has 0 fully saturated rings. The molecule has 29 heavy (non-hydrogen) atoms. The number of nitrogens with zero attached hydrogens (tertiary/aromatic N) is 1. The number of para-hydroxylation sites is 1. The number of halogens is 1. The summed E-state index contributed by atoms with van der Waals surface area (Å²) in [6.07, 6.45) is 2.72. The van der Waals surface area contributed by atoms with Crippen LogP contribution in [0, 0.1) is 0 Å². The van der Waals surface area contributed by atoms with Gasteiger partial charge in [0.15, 0.2) is 0 Å². The second kappa shape index (κ2) is 10.5. The molecule has 6 nitrogen and oxygen atoms in total. The summed E-state index contributed by atoms with van der Waals surface area (Å²) in [7, 11) is -3.65. The molecule has 0 radical (unpaired) electrons. The monoisotopic (exact) mass is 438 g/mol. The van der Waals surface area contributed by atoms with E-state index in [2.05, 4.69) is 5.32 Å². The van der Waals surface area contributed by atoms with Crippen LogP contribution >= 0.6 is 11.6 Å². The van der Waals surface area contributed by atoms with Gasteiger partial charge in [-0.3, -0.25) is 9.10 Å². The van der Waals surface area contributed by atoms with Gasteiger partial charge in [-0.2, -0.15) is 0 Å². The maximum atomic E-state index is 12.3. The molecule has 0 spiro atoms. The molecule has 1 N–H and O–H groups in total. The molecule has 0 bridgehead atoms. The number of carbonyl (C=O) groups excluding carboxylic acids is 1. The lowest BCUT2D eigenvalue weighted by Crippen LogP contribution is -2.40. The van der Waals surface area contributed by atoms with Crippen LogP contribution in [0.1, 0.15) is 25.8 Å². The summed E-state index contributed by atoms with van der Waals surface area (Å²) >= 11 is 6.10. The van der Waals surface area contributed by atoms with E-state index < -0.39 is 10.0 Å². The van der Waals surface area contributed by atoms with E-state index in [1.165, 1.54) is 0 Å². The van der Waals surface area contributed by atoms with Gasteiger partial charge in [0.05, 0.1) is 23.1 Å². The maximum absolute atomic E-state index is 12.3. The highest BCUT2D eigenvalue weighted by Gasteiger charge is 2.22. The van der Waals surface area contributed by atoms with Crippen LogP contribution in [-0.4, -0.2) is 39.8 Å². The summed E-state index contributed by atoms with van der Waals surface area (Å²) < 4.78 is 30.8. The second-order valence-electron chi connectivity index (χ2n) is 6.99. The molecule has 0 aliphatic rings. The van der Waals surface area contributed by atoms with Crippen LogP contribution in [-0.2, 0) is 21.2 Å². The molecule has 0 aliphatic heterocycles. The van der Waals surface area contributed by atoms with Gasteiger partial charge >= 0.3 is 0 Å². The molecular formula is C21H27ClN2O4S. The first-order valence-electron chi connectivity index (χ1n) is 9.41. The molecule has 2 aromatic rings. The Morgan fingerprint density at radius 3 is 2.38 bits per heavy atom. The number of ether oxygens (including phenoxy) is 1. The van der Waals surface area contributed by atoms with Crippen molar-refractivity contribution in [3.05, 3.63) is 59.1 Å². The Hall–Kier alpha value is -2.25. The molecule has 2 rings (SSSR count). The van der Waals surface area contributed by atoms with Crippen molar-refractivity contribution < 1.29 is 17.9 Å². The van der Waals surface area contributed by atoms with Gasteiger partial charge in [0.2, 0.25) is 15.9 Å². The van der Waals surface area contributed by atoms with Gasteiger partial charge in [0, 0.05) is 6.54 Å². The van der Waals surface area contributed by atoms with Gasteiger partial charge in [0.25, 0.3) is 0 Å². The third-order valence-corrected chi connectivity index (χ3v) is 5.51. The Morgan fingerprint density at radius 1 is 1.14 bits per heavy atom. The lowest BCUT2D eigenvalue weighted by atomic mass is 10.1. The number of nitrogens with one attached hydrogen (secondary N) is 1. The van der Waals surface area contributed by atoms with Crippen LogP contribution in [0.5, 0.6) is 5.75 Å². The highest BCUT2D eigenvalue weighted by atomic mass is 35.5. The van der Waals surface area contributed by atoms with Gasteiger partial charge in [-0.1, -0.05) is 35.9 Å². The summed E-state index contributed by atoms with van der Waals surface area (Å²) in [5.41, 5.74) is 1.43. The fraction of sp³-hybridized carbons (Fsp3) is 0.381. The summed E-state index contributed by atoms with van der Waals surface area (Å²) in [5.74, 6) is 0.452. The molecule has 0 aromatic heterocycles. The van der Waals surface area contributed by atoms with E-state index >= 15 is 0 Å². The number of carbonyl (C=O) groups is 1. The largest absolute Gasteiger partial charge is 0.491 e. The summed E-state index contributed by atoms with van der Waals surface area (Å²) in [4.78, 5) is 12.3. The van der Waals surface area contributed by atoms with E-state index in [0.29, 0.717) is 6.54 Å². The van der Waals surface area contributed by atoms with Crippen LogP contribution in [0.2, 0.25) is 5.02 Å². The van der Waals surface area contributed by atoms with Crippen LogP contribution in [0.3, 0.4) is 0 Å². The minimum absolute atomic E-state index is 0.133. The minimum atomic E-state index is -3.65. The second-order valence-corrected chi connectivity index (χ2v) is 9.30. The van der Waals surface area contributed by atoms with Gasteiger partial charge in [-0.05, 0) is 56.5 Å². The molecular weight excluding hydrogens is 412 g/mol. The Bertz CT molecular complexity index is 915. The van der Waals surface area contributed by atoms with Crippen molar-refractivity contribution in [3.63, 3.8) is 0 Å². The van der Waals surface area contributed by atoms with E-state index in [-0.39, 0.29) is 29.3 Å². The Labute approximate surface area is 177 Å². The van der Waals surface area contributed by atoms with Crippen molar-refractivity contribution in [1.29, 1.82) is 0 Å². The van der Waals surface area contributed by atoms with Gasteiger partial charge < -0.3 is 10.1 Å². The van der Waals surface area contributed by atoms with Crippen molar-refractivity contribution >= 4 is 33.2 Å². The van der Waals surface area contributed by atoms with Crippen molar-refractivity contribution in [2.75, 3.05) is 23.7 Å². The zero-order valence-electron chi connectivity index (χ0n) is 16.9. The lowest BCUT2D eigenvalue weighted by molar-refractivity contribution is -0.119. The molecule has 0 heterocycles. The zero-order chi connectivity index (χ0) is 21.4. The van der Waals surface area contributed by atoms with E-state index in [1.54, 1.807) is 24.3 Å². The summed E-state index contributed by atoms with van der Waals surface area (Å²) in [5, 5.41) is 3.04. The minimum Gasteiger partial charge on any atom is -0.491 e. The van der Waals surface area contributed by atoms with Crippen molar-refractivity contribution in [2.45, 2.75) is 32.8 Å². The summed E-state index contributed by atoms with van der Waals surface area (Å²) in [6, 6.07) is 14.4. The number of sulfonamides is 1. The number of rotatable bonds is 10. The van der Waals surface area contributed by atoms with Crippen molar-refractivity contribution in [1.82, 2.24) is 5.32 Å². The van der Waals surface area contributed by atoms with Gasteiger partial charge in [-0.25, -0.2) is 8.42 Å². The van der Waals surface area contributed by atoms with Crippen LogP contribution in [0.25, 0.3) is 0 Å². The Balaban J connectivity index is 1.84. The number of hydrogen-bond donors (Lipinski definition) is 1. The average Bonchev–Trinajstić information content (AvgIpc) is 2.64. The highest BCUT2D eigenvalue weighted by Crippen LogP contribution is 2.26. The van der Waals surface area contributed by atoms with Crippen LogP contribution in [0.4, 0.5) is 5.69 Å². The molecule has 8 heteroatoms. The molecule has 158 valence electrons. The standard InChI is InChI=1S/C21H27ClN2O4S/c1-16(2)28-18-12-10-17(11-13-18)7-6-14-23-21(25)15-24(29(3,26)27)20-9-5-4-8-19(20)22/h4-5,8-13,16H,6-7,14-15H2,1-3H3,(H,23,25). The lowest BCUT2D eigenvalue weighted by Gasteiger charge is -2.22. The van der Waals surface area contributed by atoms with Gasteiger partial charge in [0.1, 0.15) is 12.3 Å². The Morgan fingerprint density at radius 2 is 1.79 bits per heavy atom. The van der Waals surface area contributed by atoms with E-state index in [9.17, 15) is 13.2 Å². The van der Waals surface area contributed by atoms with Gasteiger partial charge in [-0.15, -0.1) is 0 Å². The van der Waals surface area contributed by atoms with Crippen molar-refractivity contribution in [3.8, 4) is 5.75 Å². The number of hydrogen-bond acceptors (Lipinski definition) is 4. The molecule has 0 saturated carbocycles. The van der Waals surface area contributed by atoms with Crippen molar-refractivity contribution in [2.24, 2.45) is 0 Å². The predicted molar refractivity (Wildman–Crippen MR) is 117 cm³/mol. The molecule has 2 aromatic carbocycles. The predicted octanol–water partition coefficient (Wildman–Crippen LogP) is 3.64. The highest BCUT2D eigenvalue weighted by molar-refractivity contribution is 7.92. The summed E-state index contributed by atoms with van der Waals surface area (Å²) in [6.45, 7) is 4.09. The SMILES string of the molecule is CC(C)Oc1ccc(CCCNC(=O)CN(c2ccccc2Cl)S(C)(=O)=O)cc1. The third kappa shape index (κ3) is 7.59. The van der Waals surface area contributed by atoms with Crippen LogP contribution < -0.4 is 14.4 Å². The topological polar surface area (TPSA) is 75.7 Å². The molecule has 0 saturated heterocycles. The zero-order valence-corrected chi connectivity index (χ0v) is 18.5. The van der Waals surface area contributed by atoms with Crippen LogP contribution in [0.15, 0.2) is 48.5 Å². The number of amides is 1. The number of benzene rings is 2. The molecule has 0 atom stereocenters. The van der Waals surface area contributed by atoms with E-state index in [0.717, 1.165) is 34.7 Å². The maximum Gasteiger partial charge on any atom is 0.240 e. The molecule has 0 unspecified atom stereocenters. The third-order valence-electron chi connectivity index (χ3n) is 4.07. The fourth-order valence-corrected chi connectivity index (χ4v) is 3.90. The fourth-order valence-electron chi connectivity index (χ4n) is 2.75.